The summed E-state index contributed by atoms with van der Waals surface area (Å²) in [5.41, 5.74) is 5.24. The van der Waals surface area contributed by atoms with Crippen molar-refractivity contribution in [1.82, 2.24) is 20.1 Å². The van der Waals surface area contributed by atoms with Gasteiger partial charge in [0.05, 0.1) is 12.5 Å². The molecule has 2 N–H and O–H groups in total. The molecule has 0 fully saturated rings. The summed E-state index contributed by atoms with van der Waals surface area (Å²) in [4.78, 5) is 15.9. The van der Waals surface area contributed by atoms with Gasteiger partial charge in [-0.05, 0) is 55.0 Å². The van der Waals surface area contributed by atoms with Crippen molar-refractivity contribution in [3.05, 3.63) is 53.5 Å². The summed E-state index contributed by atoms with van der Waals surface area (Å²) < 4.78 is 1.79. The SMILES string of the molecule is CC(Cn1cccn1)C(=O)NCc1ccc2[nH]c3c(c2c1)CCCC3. The number of aromatic amines is 1. The summed E-state index contributed by atoms with van der Waals surface area (Å²) in [7, 11) is 0. The van der Waals surface area contributed by atoms with Crippen LogP contribution in [-0.2, 0) is 30.7 Å². The summed E-state index contributed by atoms with van der Waals surface area (Å²) in [6.07, 6.45) is 8.47. The molecule has 0 saturated carbocycles. The maximum atomic E-state index is 12.3. The lowest BCUT2D eigenvalue weighted by molar-refractivity contribution is -0.125. The van der Waals surface area contributed by atoms with Crippen LogP contribution in [0.2, 0.25) is 0 Å². The van der Waals surface area contributed by atoms with E-state index in [4.69, 9.17) is 0 Å². The van der Waals surface area contributed by atoms with Crippen LogP contribution in [-0.4, -0.2) is 20.7 Å². The Morgan fingerprint density at radius 2 is 2.24 bits per heavy atom. The van der Waals surface area contributed by atoms with Crippen molar-refractivity contribution in [3.63, 3.8) is 0 Å². The quantitative estimate of drug-likeness (QED) is 0.751. The normalized spacial score (nSPS) is 15.1. The summed E-state index contributed by atoms with van der Waals surface area (Å²) in [5, 5.41) is 8.54. The number of nitrogens with one attached hydrogen (secondary N) is 2. The molecule has 0 spiro atoms. The van der Waals surface area contributed by atoms with Gasteiger partial charge in [-0.2, -0.15) is 5.10 Å². The number of nitrogens with zero attached hydrogens (tertiary/aromatic N) is 2. The van der Waals surface area contributed by atoms with E-state index < -0.39 is 0 Å². The molecule has 1 aliphatic rings. The van der Waals surface area contributed by atoms with Gasteiger partial charge in [0.1, 0.15) is 0 Å². The number of rotatable bonds is 5. The Kier molecular flexibility index (Phi) is 4.30. The lowest BCUT2D eigenvalue weighted by atomic mass is 9.95. The van der Waals surface area contributed by atoms with E-state index in [0.717, 1.165) is 18.4 Å². The lowest BCUT2D eigenvalue weighted by Crippen LogP contribution is -2.31. The topological polar surface area (TPSA) is 62.7 Å². The van der Waals surface area contributed by atoms with Crippen LogP contribution in [0.1, 0.15) is 36.6 Å². The summed E-state index contributed by atoms with van der Waals surface area (Å²) in [6.45, 7) is 3.10. The van der Waals surface area contributed by atoms with Gasteiger partial charge in [-0.15, -0.1) is 0 Å². The van der Waals surface area contributed by atoms with Gasteiger partial charge in [-0.3, -0.25) is 9.48 Å². The number of hydrogen-bond acceptors (Lipinski definition) is 2. The van der Waals surface area contributed by atoms with Gasteiger partial charge >= 0.3 is 0 Å². The van der Waals surface area contributed by atoms with Crippen molar-refractivity contribution >= 4 is 16.8 Å². The zero-order valence-corrected chi connectivity index (χ0v) is 14.6. The smallest absolute Gasteiger partial charge is 0.224 e. The monoisotopic (exact) mass is 336 g/mol. The second-order valence-corrected chi connectivity index (χ2v) is 7.02. The molecule has 5 heteroatoms. The van der Waals surface area contributed by atoms with Gasteiger partial charge < -0.3 is 10.3 Å². The number of H-pyrrole nitrogens is 1. The fourth-order valence-electron chi connectivity index (χ4n) is 3.70. The minimum atomic E-state index is -0.108. The maximum absolute atomic E-state index is 12.3. The van der Waals surface area contributed by atoms with Crippen LogP contribution in [0.25, 0.3) is 10.9 Å². The first-order valence-electron chi connectivity index (χ1n) is 9.08. The van der Waals surface area contributed by atoms with E-state index in [1.54, 1.807) is 10.9 Å². The summed E-state index contributed by atoms with van der Waals surface area (Å²) >= 11 is 0. The van der Waals surface area contributed by atoms with Crippen molar-refractivity contribution in [2.75, 3.05) is 0 Å². The highest BCUT2D eigenvalue weighted by Crippen LogP contribution is 2.29. The number of benzene rings is 1. The van der Waals surface area contributed by atoms with Crippen molar-refractivity contribution in [1.29, 1.82) is 0 Å². The first kappa shape index (κ1) is 15.9. The Hall–Kier alpha value is -2.56. The molecule has 0 saturated heterocycles. The molecule has 2 aromatic heterocycles. The van der Waals surface area contributed by atoms with Crippen molar-refractivity contribution in [2.24, 2.45) is 5.92 Å². The predicted octanol–water partition coefficient (Wildman–Crippen LogP) is 3.20. The number of aryl methyl sites for hydroxylation is 2. The molecule has 25 heavy (non-hydrogen) atoms. The highest BCUT2D eigenvalue weighted by atomic mass is 16.1. The molecule has 5 nitrogen and oxygen atoms in total. The van der Waals surface area contributed by atoms with E-state index in [9.17, 15) is 4.79 Å². The van der Waals surface area contributed by atoms with Crippen LogP contribution in [0.15, 0.2) is 36.7 Å². The number of amides is 1. The van der Waals surface area contributed by atoms with E-state index >= 15 is 0 Å². The maximum Gasteiger partial charge on any atom is 0.224 e. The van der Waals surface area contributed by atoms with Gasteiger partial charge in [0.2, 0.25) is 5.91 Å². The molecule has 1 aliphatic carbocycles. The Morgan fingerprint density at radius 1 is 1.36 bits per heavy atom. The molecule has 0 radical (unpaired) electrons. The first-order valence-corrected chi connectivity index (χ1v) is 9.08. The number of carbonyl (C=O) groups excluding carboxylic acids is 1. The van der Waals surface area contributed by atoms with Crippen LogP contribution in [0.3, 0.4) is 0 Å². The van der Waals surface area contributed by atoms with E-state index in [0.29, 0.717) is 13.1 Å². The Bertz CT molecular complexity index is 879. The van der Waals surface area contributed by atoms with E-state index in [1.165, 1.54) is 35.0 Å². The zero-order chi connectivity index (χ0) is 17.2. The Balaban J connectivity index is 1.43. The average Bonchev–Trinajstić information content (AvgIpc) is 3.26. The minimum Gasteiger partial charge on any atom is -0.358 e. The van der Waals surface area contributed by atoms with Crippen molar-refractivity contribution < 1.29 is 4.79 Å². The third-order valence-electron chi connectivity index (χ3n) is 5.10. The first-order chi connectivity index (χ1) is 12.2. The van der Waals surface area contributed by atoms with Gasteiger partial charge in [-0.1, -0.05) is 13.0 Å². The zero-order valence-electron chi connectivity index (χ0n) is 14.6. The lowest BCUT2D eigenvalue weighted by Gasteiger charge is -2.13. The summed E-state index contributed by atoms with van der Waals surface area (Å²) in [6, 6.07) is 8.34. The molecular formula is C20H24N4O. The molecule has 4 rings (SSSR count). The second kappa shape index (κ2) is 6.75. The largest absolute Gasteiger partial charge is 0.358 e. The van der Waals surface area contributed by atoms with Crippen LogP contribution in [0, 0.1) is 5.92 Å². The van der Waals surface area contributed by atoms with Crippen LogP contribution >= 0.6 is 0 Å². The predicted molar refractivity (Wildman–Crippen MR) is 98.2 cm³/mol. The van der Waals surface area contributed by atoms with Crippen LogP contribution < -0.4 is 5.32 Å². The molecule has 130 valence electrons. The number of hydrogen-bond donors (Lipinski definition) is 2. The number of aromatic nitrogens is 3. The molecule has 0 aliphatic heterocycles. The molecule has 1 aromatic carbocycles. The van der Waals surface area contributed by atoms with Crippen LogP contribution in [0.5, 0.6) is 0 Å². The molecule has 1 unspecified atom stereocenters. The molecule has 1 amide bonds. The van der Waals surface area contributed by atoms with Gasteiger partial charge in [-0.25, -0.2) is 0 Å². The van der Waals surface area contributed by atoms with E-state index in [2.05, 4.69) is 33.6 Å². The third-order valence-corrected chi connectivity index (χ3v) is 5.10. The van der Waals surface area contributed by atoms with Crippen molar-refractivity contribution in [2.45, 2.75) is 45.7 Å². The molecular weight excluding hydrogens is 312 g/mol. The Labute approximate surface area is 147 Å². The third kappa shape index (κ3) is 3.31. The fraction of sp³-hybridized carbons (Fsp3) is 0.400. The standard InChI is InChI=1S/C20H24N4O/c1-14(13-24-10-4-9-22-24)20(25)21-12-15-7-8-19-17(11-15)16-5-2-3-6-18(16)23-19/h4,7-11,14,23H,2-3,5-6,12-13H2,1H3,(H,21,25). The van der Waals surface area contributed by atoms with E-state index in [-0.39, 0.29) is 11.8 Å². The molecule has 1 atom stereocenters. The molecule has 2 heterocycles. The minimum absolute atomic E-state index is 0.0618. The van der Waals surface area contributed by atoms with Gasteiger partial charge in [0.15, 0.2) is 0 Å². The second-order valence-electron chi connectivity index (χ2n) is 7.02. The molecule has 3 aromatic rings. The number of fused-ring (bicyclic) bond motifs is 3. The Morgan fingerprint density at radius 3 is 3.08 bits per heavy atom. The highest BCUT2D eigenvalue weighted by Gasteiger charge is 2.16. The van der Waals surface area contributed by atoms with Gasteiger partial charge in [0, 0.05) is 35.5 Å². The fourth-order valence-corrected chi connectivity index (χ4v) is 3.70. The van der Waals surface area contributed by atoms with Crippen LogP contribution in [0.4, 0.5) is 0 Å². The summed E-state index contributed by atoms with van der Waals surface area (Å²) in [5.74, 6) is -0.0460. The van der Waals surface area contributed by atoms with E-state index in [1.807, 2.05) is 19.2 Å². The van der Waals surface area contributed by atoms with Gasteiger partial charge in [0.25, 0.3) is 0 Å². The van der Waals surface area contributed by atoms with Crippen molar-refractivity contribution in [3.8, 4) is 0 Å². The molecule has 0 bridgehead atoms. The average molecular weight is 336 g/mol. The highest BCUT2D eigenvalue weighted by molar-refractivity contribution is 5.86. The number of carbonyl (C=O) groups is 1.